The minimum Gasteiger partial charge on any atom is -0.360 e. The van der Waals surface area contributed by atoms with Gasteiger partial charge in [0.1, 0.15) is 17.3 Å². The molecule has 0 amide bonds. The summed E-state index contributed by atoms with van der Waals surface area (Å²) in [5, 5.41) is 4.11. The van der Waals surface area contributed by atoms with Crippen LogP contribution < -0.4 is 4.90 Å². The lowest BCUT2D eigenvalue weighted by Gasteiger charge is -2.38. The first-order valence-corrected chi connectivity index (χ1v) is 12.0. The summed E-state index contributed by atoms with van der Waals surface area (Å²) in [6, 6.07) is 9.51. The molecule has 35 heavy (non-hydrogen) atoms. The van der Waals surface area contributed by atoms with E-state index < -0.39 is 23.6 Å². The van der Waals surface area contributed by atoms with E-state index in [1.807, 2.05) is 25.3 Å². The molecule has 0 radical (unpaired) electrons. The Morgan fingerprint density at radius 1 is 1.06 bits per heavy atom. The summed E-state index contributed by atoms with van der Waals surface area (Å²) < 4.78 is 59.6. The SMILES string of the molecule is Cc1ccc(N2CCC3(CC2)COC(c2c(-c4ccccc4C(F)(F)F)noc2C2CC2)O3)nc1. The van der Waals surface area contributed by atoms with Crippen molar-refractivity contribution >= 4 is 5.82 Å². The number of aromatic nitrogens is 2. The lowest BCUT2D eigenvalue weighted by atomic mass is 9.92. The van der Waals surface area contributed by atoms with Gasteiger partial charge >= 0.3 is 6.18 Å². The summed E-state index contributed by atoms with van der Waals surface area (Å²) >= 11 is 0. The summed E-state index contributed by atoms with van der Waals surface area (Å²) in [5.74, 6) is 1.66. The first kappa shape index (κ1) is 22.5. The monoisotopic (exact) mass is 485 g/mol. The van der Waals surface area contributed by atoms with Crippen molar-refractivity contribution < 1.29 is 27.2 Å². The quantitative estimate of drug-likeness (QED) is 0.450. The Hall–Kier alpha value is -2.91. The number of halogens is 3. The zero-order valence-corrected chi connectivity index (χ0v) is 19.3. The zero-order chi connectivity index (χ0) is 24.2. The number of hydrogen-bond donors (Lipinski definition) is 0. The van der Waals surface area contributed by atoms with Gasteiger partial charge in [0.25, 0.3) is 0 Å². The maximum Gasteiger partial charge on any atom is 0.417 e. The van der Waals surface area contributed by atoms with E-state index >= 15 is 0 Å². The molecule has 2 aliphatic heterocycles. The molecule has 1 unspecified atom stereocenters. The smallest absolute Gasteiger partial charge is 0.360 e. The van der Waals surface area contributed by atoms with E-state index in [0.717, 1.165) is 56.2 Å². The predicted octanol–water partition coefficient (Wildman–Crippen LogP) is 6.03. The van der Waals surface area contributed by atoms with Crippen LogP contribution in [0.1, 0.15) is 60.3 Å². The minimum absolute atomic E-state index is 0.0148. The maximum atomic E-state index is 13.8. The van der Waals surface area contributed by atoms with Crippen molar-refractivity contribution in [3.8, 4) is 11.3 Å². The van der Waals surface area contributed by atoms with E-state index in [-0.39, 0.29) is 17.2 Å². The molecule has 1 saturated carbocycles. The number of ether oxygens (including phenoxy) is 2. The summed E-state index contributed by atoms with van der Waals surface area (Å²) in [6.07, 6.45) is -0.164. The molecule has 0 N–H and O–H groups in total. The second kappa shape index (κ2) is 8.34. The molecule has 6 nitrogen and oxygen atoms in total. The van der Waals surface area contributed by atoms with Crippen LogP contribution in [0.3, 0.4) is 0 Å². The average molecular weight is 486 g/mol. The van der Waals surface area contributed by atoms with Crippen molar-refractivity contribution in [3.63, 3.8) is 0 Å². The van der Waals surface area contributed by atoms with Gasteiger partial charge in [-0.05, 0) is 50.3 Å². The summed E-state index contributed by atoms with van der Waals surface area (Å²) in [4.78, 5) is 6.75. The van der Waals surface area contributed by atoms with Gasteiger partial charge < -0.3 is 18.9 Å². The molecule has 3 aliphatic rings. The van der Waals surface area contributed by atoms with Gasteiger partial charge in [0, 0.05) is 30.8 Å². The molecule has 3 aromatic rings. The average Bonchev–Trinajstić information content (AvgIpc) is 3.47. The fraction of sp³-hybridized carbons (Fsp3) is 0.462. The summed E-state index contributed by atoms with van der Waals surface area (Å²) in [6.45, 7) is 3.90. The van der Waals surface area contributed by atoms with Crippen molar-refractivity contribution in [1.29, 1.82) is 0 Å². The van der Waals surface area contributed by atoms with Crippen molar-refractivity contribution in [2.24, 2.45) is 0 Å². The van der Waals surface area contributed by atoms with Gasteiger partial charge in [-0.3, -0.25) is 0 Å². The molecular formula is C26H26F3N3O3. The highest BCUT2D eigenvalue weighted by Gasteiger charge is 2.48. The van der Waals surface area contributed by atoms with Crippen molar-refractivity contribution in [2.75, 3.05) is 24.6 Å². The zero-order valence-electron chi connectivity index (χ0n) is 19.3. The number of aryl methyl sites for hydroxylation is 1. The number of benzene rings is 1. The van der Waals surface area contributed by atoms with E-state index in [2.05, 4.69) is 15.0 Å². The number of alkyl halides is 3. The first-order chi connectivity index (χ1) is 16.8. The minimum atomic E-state index is -4.51. The number of nitrogens with zero attached hydrogens (tertiary/aromatic N) is 3. The molecule has 6 rings (SSSR count). The Labute approximate surface area is 201 Å². The van der Waals surface area contributed by atoms with Gasteiger partial charge in [0.15, 0.2) is 6.29 Å². The van der Waals surface area contributed by atoms with Crippen LogP contribution in [0.25, 0.3) is 11.3 Å². The molecular weight excluding hydrogens is 459 g/mol. The molecule has 3 fully saturated rings. The molecule has 2 saturated heterocycles. The van der Waals surface area contributed by atoms with Crippen LogP contribution in [-0.2, 0) is 15.7 Å². The number of anilines is 1. The van der Waals surface area contributed by atoms with Gasteiger partial charge in [0.05, 0.1) is 23.3 Å². The third-order valence-electron chi connectivity index (χ3n) is 7.18. The molecule has 1 spiro atoms. The van der Waals surface area contributed by atoms with Gasteiger partial charge in [-0.2, -0.15) is 13.2 Å². The van der Waals surface area contributed by atoms with E-state index in [9.17, 15) is 13.2 Å². The van der Waals surface area contributed by atoms with Crippen molar-refractivity contribution in [3.05, 3.63) is 65.0 Å². The van der Waals surface area contributed by atoms with Crippen molar-refractivity contribution in [2.45, 2.75) is 56.6 Å². The standard InChI is InChI=1S/C26H26F3N3O3/c1-16-6-9-20(30-14-16)32-12-10-25(11-13-32)15-33-24(34-25)21-22(31-35-23(21)17-7-8-17)18-4-2-3-5-19(18)26(27,28)29/h2-6,9,14,17,24H,7-8,10-13,15H2,1H3. The Kier molecular flexibility index (Phi) is 5.37. The lowest BCUT2D eigenvalue weighted by molar-refractivity contribution is -0.137. The van der Waals surface area contributed by atoms with Crippen LogP contribution in [0.15, 0.2) is 47.1 Å². The van der Waals surface area contributed by atoms with Gasteiger partial charge in [0.2, 0.25) is 0 Å². The van der Waals surface area contributed by atoms with E-state index in [4.69, 9.17) is 14.0 Å². The largest absolute Gasteiger partial charge is 0.417 e. The van der Waals surface area contributed by atoms with Crippen LogP contribution in [0.4, 0.5) is 19.0 Å². The highest BCUT2D eigenvalue weighted by atomic mass is 19.4. The van der Waals surface area contributed by atoms with Gasteiger partial charge in [-0.15, -0.1) is 0 Å². The number of hydrogen-bond acceptors (Lipinski definition) is 6. The molecule has 184 valence electrons. The van der Waals surface area contributed by atoms with Gasteiger partial charge in [-0.1, -0.05) is 29.4 Å². The van der Waals surface area contributed by atoms with Gasteiger partial charge in [-0.25, -0.2) is 4.98 Å². The third-order valence-corrected chi connectivity index (χ3v) is 7.18. The maximum absolute atomic E-state index is 13.8. The number of rotatable bonds is 4. The molecule has 4 heterocycles. The Balaban J connectivity index is 1.27. The summed E-state index contributed by atoms with van der Waals surface area (Å²) in [5.41, 5.74) is 0.514. The number of pyridine rings is 1. The predicted molar refractivity (Wildman–Crippen MR) is 122 cm³/mol. The van der Waals surface area contributed by atoms with E-state index in [1.54, 1.807) is 6.07 Å². The second-order valence-electron chi connectivity index (χ2n) is 9.75. The molecule has 2 aromatic heterocycles. The fourth-order valence-corrected chi connectivity index (χ4v) is 5.03. The van der Waals surface area contributed by atoms with Crippen LogP contribution in [0, 0.1) is 6.92 Å². The molecule has 1 aromatic carbocycles. The molecule has 1 aliphatic carbocycles. The van der Waals surface area contributed by atoms with E-state index in [0.29, 0.717) is 17.9 Å². The molecule has 0 bridgehead atoms. The van der Waals surface area contributed by atoms with Crippen molar-refractivity contribution in [1.82, 2.24) is 10.1 Å². The van der Waals surface area contributed by atoms with E-state index in [1.165, 1.54) is 12.1 Å². The Bertz CT molecular complexity index is 1210. The topological polar surface area (TPSA) is 60.6 Å². The summed E-state index contributed by atoms with van der Waals surface area (Å²) in [7, 11) is 0. The molecule has 1 atom stereocenters. The number of piperidine rings is 1. The third kappa shape index (κ3) is 4.21. The van der Waals surface area contributed by atoms with Crippen LogP contribution in [0.5, 0.6) is 0 Å². The van der Waals surface area contributed by atoms with Crippen LogP contribution in [0.2, 0.25) is 0 Å². The van der Waals surface area contributed by atoms with Crippen LogP contribution in [-0.4, -0.2) is 35.4 Å². The normalized spacial score (nSPS) is 22.2. The Morgan fingerprint density at radius 3 is 2.51 bits per heavy atom. The fourth-order valence-electron chi connectivity index (χ4n) is 5.03. The second-order valence-corrected chi connectivity index (χ2v) is 9.75. The highest BCUT2D eigenvalue weighted by Crippen LogP contribution is 2.51. The first-order valence-electron chi connectivity index (χ1n) is 12.0. The molecule has 9 heteroatoms. The lowest BCUT2D eigenvalue weighted by Crippen LogP contribution is -2.46. The Morgan fingerprint density at radius 2 is 1.83 bits per heavy atom. The van der Waals surface area contributed by atoms with Crippen LogP contribution >= 0.6 is 0 Å². The highest BCUT2D eigenvalue weighted by molar-refractivity contribution is 5.68.